The first kappa shape index (κ1) is 9.14. The average Bonchev–Trinajstić information content (AvgIpc) is 2.52. The SMILES string of the molecule is CC1(c2nc(N)nc(N)n2)CCCO1. The van der Waals surface area contributed by atoms with Crippen molar-refractivity contribution in [2.75, 3.05) is 18.1 Å². The fourth-order valence-corrected chi connectivity index (χ4v) is 1.60. The summed E-state index contributed by atoms with van der Waals surface area (Å²) >= 11 is 0. The highest BCUT2D eigenvalue weighted by atomic mass is 16.5. The van der Waals surface area contributed by atoms with Gasteiger partial charge in [-0.3, -0.25) is 0 Å². The minimum atomic E-state index is -0.453. The maximum Gasteiger partial charge on any atom is 0.225 e. The van der Waals surface area contributed by atoms with E-state index in [0.29, 0.717) is 5.82 Å². The Labute approximate surface area is 81.7 Å². The first-order chi connectivity index (χ1) is 6.60. The van der Waals surface area contributed by atoms with Crippen LogP contribution in [0.3, 0.4) is 0 Å². The van der Waals surface area contributed by atoms with Gasteiger partial charge in [-0.15, -0.1) is 0 Å². The lowest BCUT2D eigenvalue weighted by atomic mass is 10.0. The van der Waals surface area contributed by atoms with Crippen LogP contribution >= 0.6 is 0 Å². The predicted octanol–water partition coefficient (Wildman–Crippen LogP) is 0.0616. The molecule has 0 bridgehead atoms. The Morgan fingerprint density at radius 2 is 1.86 bits per heavy atom. The van der Waals surface area contributed by atoms with Gasteiger partial charge in [-0.2, -0.15) is 15.0 Å². The molecular weight excluding hydrogens is 182 g/mol. The van der Waals surface area contributed by atoms with Gasteiger partial charge in [-0.25, -0.2) is 0 Å². The summed E-state index contributed by atoms with van der Waals surface area (Å²) < 4.78 is 5.57. The maximum absolute atomic E-state index is 5.57. The van der Waals surface area contributed by atoms with Crippen LogP contribution in [0, 0.1) is 0 Å². The molecule has 1 aromatic rings. The van der Waals surface area contributed by atoms with E-state index >= 15 is 0 Å². The minimum Gasteiger partial charge on any atom is -0.368 e. The fraction of sp³-hybridized carbons (Fsp3) is 0.625. The molecule has 6 nitrogen and oxygen atoms in total. The Morgan fingerprint density at radius 3 is 2.36 bits per heavy atom. The molecule has 2 rings (SSSR count). The van der Waals surface area contributed by atoms with Gasteiger partial charge < -0.3 is 16.2 Å². The second-order valence-corrected chi connectivity index (χ2v) is 3.56. The molecule has 1 fully saturated rings. The van der Waals surface area contributed by atoms with E-state index in [4.69, 9.17) is 16.2 Å². The van der Waals surface area contributed by atoms with Crippen LogP contribution in [0.1, 0.15) is 25.6 Å². The van der Waals surface area contributed by atoms with Crippen molar-refractivity contribution in [3.05, 3.63) is 5.82 Å². The molecule has 0 saturated carbocycles. The molecule has 1 atom stereocenters. The third-order valence-corrected chi connectivity index (χ3v) is 2.36. The van der Waals surface area contributed by atoms with Gasteiger partial charge in [-0.05, 0) is 19.8 Å². The number of ether oxygens (including phenoxy) is 1. The van der Waals surface area contributed by atoms with Gasteiger partial charge in [-0.1, -0.05) is 0 Å². The fourth-order valence-electron chi connectivity index (χ4n) is 1.60. The molecule has 14 heavy (non-hydrogen) atoms. The molecule has 0 aromatic carbocycles. The molecule has 1 aromatic heterocycles. The van der Waals surface area contributed by atoms with Crippen molar-refractivity contribution in [2.24, 2.45) is 0 Å². The van der Waals surface area contributed by atoms with E-state index in [1.165, 1.54) is 0 Å². The van der Waals surface area contributed by atoms with Crippen molar-refractivity contribution in [3.63, 3.8) is 0 Å². The van der Waals surface area contributed by atoms with Crippen molar-refractivity contribution >= 4 is 11.9 Å². The monoisotopic (exact) mass is 195 g/mol. The van der Waals surface area contributed by atoms with E-state index in [2.05, 4.69) is 15.0 Å². The predicted molar refractivity (Wildman–Crippen MR) is 51.2 cm³/mol. The number of rotatable bonds is 1. The number of hydrogen-bond acceptors (Lipinski definition) is 6. The molecular formula is C8H13N5O. The summed E-state index contributed by atoms with van der Waals surface area (Å²) in [4.78, 5) is 11.8. The van der Waals surface area contributed by atoms with Crippen LogP contribution in [0.15, 0.2) is 0 Å². The number of nitrogen functional groups attached to an aromatic ring is 2. The number of anilines is 2. The lowest BCUT2D eigenvalue weighted by molar-refractivity contribution is 0.00942. The lowest BCUT2D eigenvalue weighted by Gasteiger charge is -2.20. The van der Waals surface area contributed by atoms with E-state index in [1.54, 1.807) is 0 Å². The molecule has 0 spiro atoms. The van der Waals surface area contributed by atoms with E-state index < -0.39 is 5.60 Å². The number of hydrogen-bond donors (Lipinski definition) is 2. The zero-order chi connectivity index (χ0) is 10.2. The largest absolute Gasteiger partial charge is 0.368 e. The van der Waals surface area contributed by atoms with E-state index in [0.717, 1.165) is 19.4 Å². The van der Waals surface area contributed by atoms with Crippen molar-refractivity contribution in [1.29, 1.82) is 0 Å². The summed E-state index contributed by atoms with van der Waals surface area (Å²) in [6.45, 7) is 2.66. The van der Waals surface area contributed by atoms with Crippen LogP contribution in [0.5, 0.6) is 0 Å². The van der Waals surface area contributed by atoms with Crippen LogP contribution in [0.2, 0.25) is 0 Å². The molecule has 76 valence electrons. The standard InChI is InChI=1S/C8H13N5O/c1-8(3-2-4-14-8)5-11-6(9)13-7(10)12-5/h2-4H2,1H3,(H4,9,10,11,12,13). The topological polar surface area (TPSA) is 99.9 Å². The summed E-state index contributed by atoms with van der Waals surface area (Å²) in [5.74, 6) is 0.813. The Kier molecular flexibility index (Phi) is 1.99. The van der Waals surface area contributed by atoms with Gasteiger partial charge in [0.25, 0.3) is 0 Å². The molecule has 2 heterocycles. The van der Waals surface area contributed by atoms with Gasteiger partial charge in [0.15, 0.2) is 5.82 Å². The van der Waals surface area contributed by atoms with Crippen LogP contribution in [-0.4, -0.2) is 21.6 Å². The molecule has 1 saturated heterocycles. The Bertz CT molecular complexity index is 327. The molecule has 0 amide bonds. The molecule has 6 heteroatoms. The molecule has 1 unspecified atom stereocenters. The zero-order valence-electron chi connectivity index (χ0n) is 8.03. The first-order valence-corrected chi connectivity index (χ1v) is 4.52. The molecule has 1 aliphatic rings. The number of aromatic nitrogens is 3. The summed E-state index contributed by atoms with van der Waals surface area (Å²) in [6.07, 6.45) is 1.89. The summed E-state index contributed by atoms with van der Waals surface area (Å²) in [5.41, 5.74) is 10.5. The molecule has 0 aliphatic carbocycles. The van der Waals surface area contributed by atoms with Gasteiger partial charge >= 0.3 is 0 Å². The van der Waals surface area contributed by atoms with Crippen molar-refractivity contribution in [2.45, 2.75) is 25.4 Å². The quantitative estimate of drug-likeness (QED) is 0.657. The van der Waals surface area contributed by atoms with Crippen molar-refractivity contribution in [3.8, 4) is 0 Å². The Hall–Kier alpha value is -1.43. The molecule has 4 N–H and O–H groups in total. The number of nitrogens with zero attached hydrogens (tertiary/aromatic N) is 3. The molecule has 1 aliphatic heterocycles. The Balaban J connectivity index is 2.40. The third-order valence-electron chi connectivity index (χ3n) is 2.36. The summed E-state index contributed by atoms with van der Waals surface area (Å²) in [5, 5.41) is 0. The zero-order valence-corrected chi connectivity index (χ0v) is 8.03. The van der Waals surface area contributed by atoms with E-state index in [-0.39, 0.29) is 11.9 Å². The maximum atomic E-state index is 5.57. The van der Waals surface area contributed by atoms with Crippen LogP contribution in [-0.2, 0) is 10.3 Å². The van der Waals surface area contributed by atoms with Gasteiger partial charge in [0, 0.05) is 6.61 Å². The third kappa shape index (κ3) is 1.48. The van der Waals surface area contributed by atoms with Gasteiger partial charge in [0.1, 0.15) is 5.60 Å². The highest BCUT2D eigenvalue weighted by Crippen LogP contribution is 2.33. The molecule has 0 radical (unpaired) electrons. The average molecular weight is 195 g/mol. The first-order valence-electron chi connectivity index (χ1n) is 4.52. The number of nitrogens with two attached hydrogens (primary N) is 2. The second-order valence-electron chi connectivity index (χ2n) is 3.56. The van der Waals surface area contributed by atoms with Crippen molar-refractivity contribution in [1.82, 2.24) is 15.0 Å². The van der Waals surface area contributed by atoms with Crippen LogP contribution in [0.25, 0.3) is 0 Å². The second kappa shape index (κ2) is 3.06. The van der Waals surface area contributed by atoms with Crippen LogP contribution in [0.4, 0.5) is 11.9 Å². The smallest absolute Gasteiger partial charge is 0.225 e. The lowest BCUT2D eigenvalue weighted by Crippen LogP contribution is -2.25. The van der Waals surface area contributed by atoms with Gasteiger partial charge in [0.05, 0.1) is 0 Å². The summed E-state index contributed by atoms with van der Waals surface area (Å²) in [6, 6.07) is 0. The van der Waals surface area contributed by atoms with E-state index in [1.807, 2.05) is 6.92 Å². The van der Waals surface area contributed by atoms with Gasteiger partial charge in [0.2, 0.25) is 11.9 Å². The Morgan fingerprint density at radius 1 is 1.21 bits per heavy atom. The highest BCUT2D eigenvalue weighted by molar-refractivity contribution is 5.27. The summed E-state index contributed by atoms with van der Waals surface area (Å²) in [7, 11) is 0. The normalized spacial score (nSPS) is 26.6. The van der Waals surface area contributed by atoms with Crippen molar-refractivity contribution < 1.29 is 4.74 Å². The minimum absolute atomic E-state index is 0.143. The van der Waals surface area contributed by atoms with Crippen LogP contribution < -0.4 is 11.5 Å². The highest BCUT2D eigenvalue weighted by Gasteiger charge is 2.35. The van der Waals surface area contributed by atoms with E-state index in [9.17, 15) is 0 Å².